The average Bonchev–Trinajstić information content (AvgIpc) is 2.28. The van der Waals surface area contributed by atoms with Gasteiger partial charge >= 0.3 is 0 Å². The highest BCUT2D eigenvalue weighted by atomic mass is 16.5. The Hall–Kier alpha value is -0.860. The van der Waals surface area contributed by atoms with Crippen molar-refractivity contribution in [2.45, 2.75) is 32.2 Å². The summed E-state index contributed by atoms with van der Waals surface area (Å²) in [6.45, 7) is 6.17. The molecule has 0 saturated heterocycles. The lowest BCUT2D eigenvalue weighted by Crippen LogP contribution is -2.41. The Balaban J connectivity index is 2.30. The van der Waals surface area contributed by atoms with Gasteiger partial charge in [-0.3, -0.25) is 0 Å². The third kappa shape index (κ3) is 5.29. The predicted octanol–water partition coefficient (Wildman–Crippen LogP) is 2.63. The normalized spacial score (nSPS) is 11.7. The third-order valence-corrected chi connectivity index (χ3v) is 2.79. The van der Waals surface area contributed by atoms with Crippen LogP contribution in [-0.2, 0) is 11.2 Å². The maximum absolute atomic E-state index is 5.04. The Morgan fingerprint density at radius 2 is 1.88 bits per heavy atom. The summed E-state index contributed by atoms with van der Waals surface area (Å²) < 4.78 is 5.04. The zero-order chi connectivity index (χ0) is 11.9. The monoisotopic (exact) mass is 221 g/mol. The van der Waals surface area contributed by atoms with Crippen molar-refractivity contribution in [1.82, 2.24) is 5.32 Å². The van der Waals surface area contributed by atoms with E-state index in [9.17, 15) is 0 Å². The van der Waals surface area contributed by atoms with Crippen LogP contribution in [0.15, 0.2) is 30.3 Å². The summed E-state index contributed by atoms with van der Waals surface area (Å²) >= 11 is 0. The molecular formula is C14H23NO. The summed E-state index contributed by atoms with van der Waals surface area (Å²) in [5, 5.41) is 3.51. The molecule has 0 fully saturated rings. The van der Waals surface area contributed by atoms with Crippen molar-refractivity contribution in [1.29, 1.82) is 0 Å². The van der Waals surface area contributed by atoms with Crippen LogP contribution in [0, 0.1) is 0 Å². The molecule has 0 unspecified atom stereocenters. The number of rotatable bonds is 7. The molecule has 2 nitrogen and oxygen atoms in total. The number of hydrogen-bond acceptors (Lipinski definition) is 2. The number of methoxy groups -OCH3 is 1. The van der Waals surface area contributed by atoms with Gasteiger partial charge < -0.3 is 10.1 Å². The zero-order valence-corrected chi connectivity index (χ0v) is 10.6. The Labute approximate surface area is 99.0 Å². The van der Waals surface area contributed by atoms with Gasteiger partial charge in [0.25, 0.3) is 0 Å². The Morgan fingerprint density at radius 3 is 2.50 bits per heavy atom. The molecular weight excluding hydrogens is 198 g/mol. The van der Waals surface area contributed by atoms with Gasteiger partial charge in [0.15, 0.2) is 0 Å². The maximum atomic E-state index is 5.04. The van der Waals surface area contributed by atoms with Crippen LogP contribution in [0.25, 0.3) is 0 Å². The Morgan fingerprint density at radius 1 is 1.19 bits per heavy atom. The van der Waals surface area contributed by atoms with E-state index in [1.165, 1.54) is 5.56 Å². The lowest BCUT2D eigenvalue weighted by atomic mass is 9.95. The minimum absolute atomic E-state index is 0.175. The third-order valence-electron chi connectivity index (χ3n) is 2.79. The van der Waals surface area contributed by atoms with E-state index in [1.54, 1.807) is 7.11 Å². The predicted molar refractivity (Wildman–Crippen MR) is 68.7 cm³/mol. The fourth-order valence-corrected chi connectivity index (χ4v) is 1.68. The molecule has 2 heteroatoms. The van der Waals surface area contributed by atoms with Gasteiger partial charge in [-0.05, 0) is 32.3 Å². The molecule has 16 heavy (non-hydrogen) atoms. The second kappa shape index (κ2) is 6.66. The van der Waals surface area contributed by atoms with Gasteiger partial charge in [-0.1, -0.05) is 30.3 Å². The largest absolute Gasteiger partial charge is 0.383 e. The van der Waals surface area contributed by atoms with Crippen LogP contribution in [0.4, 0.5) is 0 Å². The number of aryl methyl sites for hydroxylation is 1. The zero-order valence-electron chi connectivity index (χ0n) is 10.6. The van der Waals surface area contributed by atoms with Gasteiger partial charge in [-0.25, -0.2) is 0 Å². The first-order chi connectivity index (χ1) is 7.64. The second-order valence-corrected chi connectivity index (χ2v) is 4.79. The quantitative estimate of drug-likeness (QED) is 0.715. The molecule has 1 aromatic rings. The first-order valence-corrected chi connectivity index (χ1v) is 5.92. The molecule has 0 atom stereocenters. The molecule has 1 aromatic carbocycles. The van der Waals surface area contributed by atoms with Gasteiger partial charge in [0, 0.05) is 19.2 Å². The van der Waals surface area contributed by atoms with Crippen LogP contribution in [0.3, 0.4) is 0 Å². The van der Waals surface area contributed by atoms with E-state index in [0.29, 0.717) is 0 Å². The molecule has 1 N–H and O–H groups in total. The van der Waals surface area contributed by atoms with Gasteiger partial charge in [-0.2, -0.15) is 0 Å². The second-order valence-electron chi connectivity index (χ2n) is 4.79. The van der Waals surface area contributed by atoms with Crippen LogP contribution in [-0.4, -0.2) is 25.8 Å². The highest BCUT2D eigenvalue weighted by Crippen LogP contribution is 2.13. The number of hydrogen-bond donors (Lipinski definition) is 1. The van der Waals surface area contributed by atoms with E-state index in [0.717, 1.165) is 26.0 Å². The SMILES string of the molecule is COCCNC(C)(C)CCc1ccccc1. The first kappa shape index (κ1) is 13.2. The van der Waals surface area contributed by atoms with Crippen molar-refractivity contribution < 1.29 is 4.74 Å². The number of ether oxygens (including phenoxy) is 1. The summed E-state index contributed by atoms with van der Waals surface area (Å²) in [5.74, 6) is 0. The molecule has 0 aliphatic heterocycles. The fourth-order valence-electron chi connectivity index (χ4n) is 1.68. The van der Waals surface area contributed by atoms with Gasteiger partial charge in [0.1, 0.15) is 0 Å². The maximum Gasteiger partial charge on any atom is 0.0587 e. The summed E-state index contributed by atoms with van der Waals surface area (Å²) in [6.07, 6.45) is 2.26. The van der Waals surface area contributed by atoms with E-state index in [-0.39, 0.29) is 5.54 Å². The van der Waals surface area contributed by atoms with Crippen molar-refractivity contribution in [2.75, 3.05) is 20.3 Å². The first-order valence-electron chi connectivity index (χ1n) is 5.92. The van der Waals surface area contributed by atoms with Gasteiger partial charge in [-0.15, -0.1) is 0 Å². The molecule has 0 spiro atoms. The summed E-state index contributed by atoms with van der Waals surface area (Å²) in [6, 6.07) is 10.6. The van der Waals surface area contributed by atoms with E-state index >= 15 is 0 Å². The molecule has 0 amide bonds. The number of nitrogens with one attached hydrogen (secondary N) is 1. The van der Waals surface area contributed by atoms with Crippen molar-refractivity contribution in [3.63, 3.8) is 0 Å². The van der Waals surface area contributed by atoms with Gasteiger partial charge in [0.2, 0.25) is 0 Å². The van der Waals surface area contributed by atoms with Crippen LogP contribution >= 0.6 is 0 Å². The van der Waals surface area contributed by atoms with Crippen molar-refractivity contribution in [3.05, 3.63) is 35.9 Å². The lowest BCUT2D eigenvalue weighted by molar-refractivity contribution is 0.187. The summed E-state index contributed by atoms with van der Waals surface area (Å²) in [4.78, 5) is 0. The van der Waals surface area contributed by atoms with Gasteiger partial charge in [0.05, 0.1) is 6.61 Å². The van der Waals surface area contributed by atoms with Crippen molar-refractivity contribution in [2.24, 2.45) is 0 Å². The highest BCUT2D eigenvalue weighted by Gasteiger charge is 2.15. The molecule has 0 heterocycles. The molecule has 0 aromatic heterocycles. The van der Waals surface area contributed by atoms with Crippen LogP contribution in [0.2, 0.25) is 0 Å². The molecule has 0 radical (unpaired) electrons. The minimum atomic E-state index is 0.175. The molecule has 0 aliphatic rings. The fraction of sp³-hybridized carbons (Fsp3) is 0.571. The summed E-state index contributed by atoms with van der Waals surface area (Å²) in [5.41, 5.74) is 1.58. The Bertz CT molecular complexity index is 282. The molecule has 0 bridgehead atoms. The van der Waals surface area contributed by atoms with E-state index in [1.807, 2.05) is 0 Å². The van der Waals surface area contributed by atoms with E-state index < -0.39 is 0 Å². The molecule has 1 rings (SSSR count). The lowest BCUT2D eigenvalue weighted by Gasteiger charge is -2.26. The van der Waals surface area contributed by atoms with Crippen LogP contribution in [0.5, 0.6) is 0 Å². The average molecular weight is 221 g/mol. The topological polar surface area (TPSA) is 21.3 Å². The standard InChI is InChI=1S/C14H23NO/c1-14(2,15-11-12-16-3)10-9-13-7-5-4-6-8-13/h4-8,15H,9-12H2,1-3H3. The van der Waals surface area contributed by atoms with Crippen molar-refractivity contribution in [3.8, 4) is 0 Å². The van der Waals surface area contributed by atoms with E-state index in [2.05, 4.69) is 49.5 Å². The number of benzene rings is 1. The molecule has 90 valence electrons. The Kier molecular flexibility index (Phi) is 5.50. The van der Waals surface area contributed by atoms with Crippen LogP contribution < -0.4 is 5.32 Å². The van der Waals surface area contributed by atoms with E-state index in [4.69, 9.17) is 4.74 Å². The summed E-state index contributed by atoms with van der Waals surface area (Å²) in [7, 11) is 1.73. The highest BCUT2D eigenvalue weighted by molar-refractivity contribution is 5.15. The minimum Gasteiger partial charge on any atom is -0.383 e. The smallest absolute Gasteiger partial charge is 0.0587 e. The van der Waals surface area contributed by atoms with Crippen molar-refractivity contribution >= 4 is 0 Å². The molecule has 0 aliphatic carbocycles. The molecule has 0 saturated carbocycles. The van der Waals surface area contributed by atoms with Crippen LogP contribution in [0.1, 0.15) is 25.8 Å².